The van der Waals surface area contributed by atoms with Gasteiger partial charge in [-0.05, 0) is 28.1 Å². The normalized spacial score (nSPS) is 11.6. The Morgan fingerprint density at radius 1 is 1.38 bits per heavy atom. The standard InChI is InChI=1S/C9H4BrClF4O/c10-5-2-1-4(9(13,14)15)7(8(5)12)6(16)3-11/h1-2H,3H2. The molecule has 88 valence electrons. The highest BCUT2D eigenvalue weighted by atomic mass is 79.9. The summed E-state index contributed by atoms with van der Waals surface area (Å²) in [6.07, 6.45) is -4.79. The highest BCUT2D eigenvalue weighted by Gasteiger charge is 2.37. The molecule has 7 heteroatoms. The van der Waals surface area contributed by atoms with Crippen molar-refractivity contribution in [2.75, 3.05) is 5.88 Å². The van der Waals surface area contributed by atoms with Gasteiger partial charge in [0.2, 0.25) is 0 Å². The summed E-state index contributed by atoms with van der Waals surface area (Å²) in [5.41, 5.74) is -2.35. The van der Waals surface area contributed by atoms with E-state index in [9.17, 15) is 22.4 Å². The van der Waals surface area contributed by atoms with E-state index in [0.29, 0.717) is 6.07 Å². The largest absolute Gasteiger partial charge is 0.417 e. The Morgan fingerprint density at radius 2 is 1.94 bits per heavy atom. The Labute approximate surface area is 102 Å². The van der Waals surface area contributed by atoms with E-state index in [1.165, 1.54) is 0 Å². The molecule has 0 saturated carbocycles. The van der Waals surface area contributed by atoms with Crippen LogP contribution in [0, 0.1) is 5.82 Å². The highest BCUT2D eigenvalue weighted by molar-refractivity contribution is 9.10. The molecule has 0 bridgehead atoms. The molecule has 0 heterocycles. The summed E-state index contributed by atoms with van der Waals surface area (Å²) in [4.78, 5) is 11.2. The Balaban J connectivity index is 3.51. The Kier molecular flexibility index (Phi) is 3.96. The van der Waals surface area contributed by atoms with E-state index in [2.05, 4.69) is 15.9 Å². The average molecular weight is 319 g/mol. The van der Waals surface area contributed by atoms with Crippen molar-refractivity contribution in [2.45, 2.75) is 6.18 Å². The predicted molar refractivity (Wildman–Crippen MR) is 54.2 cm³/mol. The summed E-state index contributed by atoms with van der Waals surface area (Å²) >= 11 is 7.84. The Bertz CT molecular complexity index is 430. The topological polar surface area (TPSA) is 17.1 Å². The first-order chi connectivity index (χ1) is 7.29. The summed E-state index contributed by atoms with van der Waals surface area (Å²) in [6, 6.07) is 1.52. The first-order valence-corrected chi connectivity index (χ1v) is 5.26. The molecule has 0 aliphatic carbocycles. The molecular weight excluding hydrogens is 315 g/mol. The lowest BCUT2D eigenvalue weighted by Gasteiger charge is -2.12. The van der Waals surface area contributed by atoms with Crippen LogP contribution in [0.2, 0.25) is 0 Å². The van der Waals surface area contributed by atoms with Crippen molar-refractivity contribution in [3.63, 3.8) is 0 Å². The third-order valence-electron chi connectivity index (χ3n) is 1.80. The van der Waals surface area contributed by atoms with Crippen LogP contribution in [0.5, 0.6) is 0 Å². The van der Waals surface area contributed by atoms with Gasteiger partial charge in [-0.25, -0.2) is 4.39 Å². The molecule has 1 aromatic rings. The lowest BCUT2D eigenvalue weighted by molar-refractivity contribution is -0.138. The number of carbonyl (C=O) groups excluding carboxylic acids is 1. The van der Waals surface area contributed by atoms with Crippen LogP contribution in [0.3, 0.4) is 0 Å². The van der Waals surface area contributed by atoms with Crippen molar-refractivity contribution in [1.29, 1.82) is 0 Å². The van der Waals surface area contributed by atoms with Gasteiger partial charge in [-0.15, -0.1) is 11.6 Å². The fraction of sp³-hybridized carbons (Fsp3) is 0.222. The van der Waals surface area contributed by atoms with Crippen molar-refractivity contribution < 1.29 is 22.4 Å². The van der Waals surface area contributed by atoms with Crippen LogP contribution in [0.4, 0.5) is 17.6 Å². The number of halogens is 6. The van der Waals surface area contributed by atoms with Gasteiger partial charge in [0.05, 0.1) is 21.5 Å². The molecule has 0 N–H and O–H groups in total. The summed E-state index contributed by atoms with van der Waals surface area (Å²) in [5, 5.41) is 0. The van der Waals surface area contributed by atoms with Crippen molar-refractivity contribution in [1.82, 2.24) is 0 Å². The zero-order chi connectivity index (χ0) is 12.5. The van der Waals surface area contributed by atoms with E-state index in [-0.39, 0.29) is 4.47 Å². The van der Waals surface area contributed by atoms with Gasteiger partial charge in [-0.3, -0.25) is 4.79 Å². The zero-order valence-corrected chi connectivity index (χ0v) is 9.88. The summed E-state index contributed by atoms with van der Waals surface area (Å²) < 4.78 is 50.6. The van der Waals surface area contributed by atoms with E-state index >= 15 is 0 Å². The van der Waals surface area contributed by atoms with Gasteiger partial charge < -0.3 is 0 Å². The highest BCUT2D eigenvalue weighted by Crippen LogP contribution is 2.35. The number of carbonyl (C=O) groups is 1. The number of hydrogen-bond donors (Lipinski definition) is 0. The second-order valence-corrected chi connectivity index (χ2v) is 3.96. The maximum Gasteiger partial charge on any atom is 0.417 e. The van der Waals surface area contributed by atoms with Gasteiger partial charge >= 0.3 is 6.18 Å². The summed E-state index contributed by atoms with van der Waals surface area (Å²) in [7, 11) is 0. The predicted octanol–water partition coefficient (Wildman–Crippen LogP) is 4.03. The van der Waals surface area contributed by atoms with E-state index in [4.69, 9.17) is 11.6 Å². The fourth-order valence-electron chi connectivity index (χ4n) is 1.13. The van der Waals surface area contributed by atoms with E-state index in [0.717, 1.165) is 6.07 Å². The van der Waals surface area contributed by atoms with Crippen LogP contribution < -0.4 is 0 Å². The summed E-state index contributed by atoms with van der Waals surface area (Å²) in [5.74, 6) is -3.07. The van der Waals surface area contributed by atoms with Crippen LogP contribution in [0.1, 0.15) is 15.9 Å². The molecule has 0 unspecified atom stereocenters. The molecule has 1 aromatic carbocycles. The molecule has 16 heavy (non-hydrogen) atoms. The van der Waals surface area contributed by atoms with Gasteiger partial charge in [0, 0.05) is 0 Å². The smallest absolute Gasteiger partial charge is 0.293 e. The number of rotatable bonds is 2. The van der Waals surface area contributed by atoms with E-state index in [1.807, 2.05) is 0 Å². The lowest BCUT2D eigenvalue weighted by atomic mass is 10.0. The minimum Gasteiger partial charge on any atom is -0.293 e. The molecule has 0 aliphatic heterocycles. The molecule has 0 radical (unpaired) electrons. The van der Waals surface area contributed by atoms with Crippen LogP contribution in [0.25, 0.3) is 0 Å². The molecule has 0 amide bonds. The second-order valence-electron chi connectivity index (χ2n) is 2.84. The molecule has 0 fully saturated rings. The SMILES string of the molecule is O=C(CCl)c1c(C(F)(F)F)ccc(Br)c1F. The minimum absolute atomic E-state index is 0.214. The van der Waals surface area contributed by atoms with Gasteiger partial charge in [-0.1, -0.05) is 0 Å². The van der Waals surface area contributed by atoms with Crippen LogP contribution in [-0.2, 0) is 6.18 Å². The van der Waals surface area contributed by atoms with Crippen LogP contribution in [0.15, 0.2) is 16.6 Å². The van der Waals surface area contributed by atoms with Crippen molar-refractivity contribution in [2.24, 2.45) is 0 Å². The molecule has 1 rings (SSSR count). The third-order valence-corrected chi connectivity index (χ3v) is 2.66. The van der Waals surface area contributed by atoms with Gasteiger partial charge in [-0.2, -0.15) is 13.2 Å². The van der Waals surface area contributed by atoms with Crippen molar-refractivity contribution >= 4 is 33.3 Å². The molecule has 0 spiro atoms. The number of hydrogen-bond acceptors (Lipinski definition) is 1. The van der Waals surface area contributed by atoms with E-state index in [1.54, 1.807) is 0 Å². The quantitative estimate of drug-likeness (QED) is 0.457. The minimum atomic E-state index is -4.79. The van der Waals surface area contributed by atoms with Gasteiger partial charge in [0.25, 0.3) is 0 Å². The number of ketones is 1. The molecule has 0 aliphatic rings. The molecule has 1 nitrogen and oxygen atoms in total. The Hall–Kier alpha value is -0.620. The number of alkyl halides is 4. The van der Waals surface area contributed by atoms with Crippen molar-refractivity contribution in [3.8, 4) is 0 Å². The lowest BCUT2D eigenvalue weighted by Crippen LogP contribution is -2.16. The fourth-order valence-corrected chi connectivity index (χ4v) is 1.59. The Morgan fingerprint density at radius 3 is 2.38 bits per heavy atom. The molecule has 0 aromatic heterocycles. The molecule has 0 saturated heterocycles. The van der Waals surface area contributed by atoms with Crippen LogP contribution in [-0.4, -0.2) is 11.7 Å². The van der Waals surface area contributed by atoms with E-state index < -0.39 is 34.8 Å². The average Bonchev–Trinajstić information content (AvgIpc) is 2.19. The molecule has 0 atom stereocenters. The maximum absolute atomic E-state index is 13.4. The monoisotopic (exact) mass is 318 g/mol. The molecular formula is C9H4BrClF4O. The first kappa shape index (κ1) is 13.4. The summed E-state index contributed by atoms with van der Waals surface area (Å²) in [6.45, 7) is 0. The van der Waals surface area contributed by atoms with Gasteiger partial charge in [0.1, 0.15) is 5.82 Å². The van der Waals surface area contributed by atoms with Crippen molar-refractivity contribution in [3.05, 3.63) is 33.5 Å². The first-order valence-electron chi connectivity index (χ1n) is 3.93. The van der Waals surface area contributed by atoms with Gasteiger partial charge in [0.15, 0.2) is 5.78 Å². The third kappa shape index (κ3) is 2.55. The number of benzene rings is 1. The second kappa shape index (κ2) is 4.71. The van der Waals surface area contributed by atoms with Crippen LogP contribution >= 0.6 is 27.5 Å². The zero-order valence-electron chi connectivity index (χ0n) is 7.54. The maximum atomic E-state index is 13.4. The number of Topliss-reactive ketones (excluding diaryl/α,β-unsaturated/α-hetero) is 1.